The Morgan fingerprint density at radius 3 is 0.681 bits per heavy atom. The first-order valence-electron chi connectivity index (χ1n) is 16.5. The number of ether oxygens (including phenoxy) is 13. The summed E-state index contributed by atoms with van der Waals surface area (Å²) in [5.74, 6) is -0.874. The number of likely N-dealkylation sites (N-methyl/N-ethyl adjacent to an activating group) is 1. The van der Waals surface area contributed by atoms with E-state index in [1.165, 1.54) is 0 Å². The molecule has 0 saturated heterocycles. The van der Waals surface area contributed by atoms with Gasteiger partial charge in [-0.1, -0.05) is 0 Å². The van der Waals surface area contributed by atoms with Crippen LogP contribution in [0.4, 0.5) is 0 Å². The zero-order chi connectivity index (χ0) is 34.1. The van der Waals surface area contributed by atoms with Gasteiger partial charge in [0.15, 0.2) is 0 Å². The molecule has 0 heterocycles. The normalized spacial score (nSPS) is 11.6. The number of hydrogen-bond donors (Lipinski definition) is 1. The molecule has 16 nitrogen and oxygen atoms in total. The third kappa shape index (κ3) is 44.9. The van der Waals surface area contributed by atoms with E-state index in [2.05, 4.69) is 4.90 Å². The Morgan fingerprint density at radius 1 is 0.340 bits per heavy atom. The van der Waals surface area contributed by atoms with Gasteiger partial charge in [-0.05, 0) is 14.1 Å². The Morgan fingerprint density at radius 2 is 0.511 bits per heavy atom. The summed E-state index contributed by atoms with van der Waals surface area (Å²) < 4.78 is 70.4. The fourth-order valence-corrected chi connectivity index (χ4v) is 3.15. The highest BCUT2D eigenvalue weighted by atomic mass is 16.6. The van der Waals surface area contributed by atoms with Crippen molar-refractivity contribution in [1.29, 1.82) is 0 Å². The molecule has 0 amide bonds. The minimum Gasteiger partial charge on any atom is -0.481 e. The monoisotopic (exact) mass is 689 g/mol. The second-order valence-electron chi connectivity index (χ2n) is 9.91. The first-order valence-corrected chi connectivity index (χ1v) is 16.5. The topological polar surface area (TPSA) is 161 Å². The Bertz CT molecular complexity index is 607. The summed E-state index contributed by atoms with van der Waals surface area (Å²) in [6.45, 7) is 13.7. The van der Waals surface area contributed by atoms with Crippen molar-refractivity contribution in [2.24, 2.45) is 0 Å². The summed E-state index contributed by atoms with van der Waals surface area (Å²) in [5, 5.41) is 8.49. The van der Waals surface area contributed by atoms with Crippen LogP contribution in [-0.4, -0.2) is 208 Å². The van der Waals surface area contributed by atoms with Gasteiger partial charge < -0.3 is 71.6 Å². The molecule has 47 heavy (non-hydrogen) atoms. The number of carboxylic acids is 1. The second kappa shape index (κ2) is 41.1. The predicted octanol–water partition coefficient (Wildman–Crippen LogP) is 0.239. The molecular weight excluding hydrogens is 626 g/mol. The van der Waals surface area contributed by atoms with E-state index >= 15 is 0 Å². The molecule has 0 radical (unpaired) electrons. The molecule has 0 aromatic carbocycles. The average molecular weight is 690 g/mol. The van der Waals surface area contributed by atoms with Crippen LogP contribution in [0.5, 0.6) is 0 Å². The number of carbonyl (C=O) groups is 1. The van der Waals surface area contributed by atoms with E-state index in [1.807, 2.05) is 14.1 Å². The predicted molar refractivity (Wildman–Crippen MR) is 171 cm³/mol. The number of rotatable bonds is 42. The Balaban J connectivity index is 3.05. The lowest BCUT2D eigenvalue weighted by atomic mass is 10.5. The standard InChI is InChI=1S/C31H63NO15/c1-32(2)4-6-36-8-10-38-12-14-40-16-18-42-20-22-44-24-26-46-28-30-47-29-27-45-25-23-43-21-19-41-17-15-39-13-11-37-9-7-35-5-3-31(33)34/h3-30H2,1-2H3,(H,33,34). The third-order valence-corrected chi connectivity index (χ3v) is 5.61. The molecule has 0 spiro atoms. The SMILES string of the molecule is CN(C)CCOCCOCCOCCOCCOCCOCCOCCOCCOCCOCCOCCOCCOCCC(=O)O. The summed E-state index contributed by atoms with van der Waals surface area (Å²) in [5.41, 5.74) is 0. The number of hydrogen-bond acceptors (Lipinski definition) is 15. The van der Waals surface area contributed by atoms with Crippen LogP contribution in [0.15, 0.2) is 0 Å². The molecule has 0 bridgehead atoms. The van der Waals surface area contributed by atoms with Crippen molar-refractivity contribution >= 4 is 5.97 Å². The van der Waals surface area contributed by atoms with Crippen molar-refractivity contribution < 1.29 is 71.5 Å². The quantitative estimate of drug-likeness (QED) is 0.0868. The molecule has 0 rings (SSSR count). The van der Waals surface area contributed by atoms with Crippen molar-refractivity contribution in [1.82, 2.24) is 4.90 Å². The minimum atomic E-state index is -0.874. The molecule has 0 saturated carbocycles. The first kappa shape index (κ1) is 45.9. The molecule has 282 valence electrons. The average Bonchev–Trinajstić information content (AvgIpc) is 3.05. The zero-order valence-corrected chi connectivity index (χ0v) is 28.9. The van der Waals surface area contributed by atoms with Gasteiger partial charge in [-0.2, -0.15) is 0 Å². The van der Waals surface area contributed by atoms with Crippen LogP contribution in [-0.2, 0) is 66.4 Å². The van der Waals surface area contributed by atoms with E-state index in [9.17, 15) is 4.79 Å². The maximum atomic E-state index is 10.3. The van der Waals surface area contributed by atoms with E-state index < -0.39 is 5.97 Å². The van der Waals surface area contributed by atoms with Gasteiger partial charge >= 0.3 is 5.97 Å². The first-order chi connectivity index (χ1) is 23.1. The molecular formula is C31H63NO15. The van der Waals surface area contributed by atoms with Gasteiger partial charge in [0, 0.05) is 6.54 Å². The molecule has 0 aliphatic heterocycles. The van der Waals surface area contributed by atoms with Crippen LogP contribution in [0.2, 0.25) is 0 Å². The van der Waals surface area contributed by atoms with Gasteiger partial charge in [0.2, 0.25) is 0 Å². The Kier molecular flexibility index (Phi) is 40.1. The van der Waals surface area contributed by atoms with Crippen LogP contribution < -0.4 is 0 Å². The molecule has 16 heteroatoms. The van der Waals surface area contributed by atoms with Crippen molar-refractivity contribution in [2.45, 2.75) is 6.42 Å². The molecule has 0 aromatic heterocycles. The Hall–Kier alpha value is -1.09. The van der Waals surface area contributed by atoms with Crippen LogP contribution in [0.1, 0.15) is 6.42 Å². The highest BCUT2D eigenvalue weighted by Crippen LogP contribution is 1.88. The maximum absolute atomic E-state index is 10.3. The van der Waals surface area contributed by atoms with Crippen LogP contribution >= 0.6 is 0 Å². The van der Waals surface area contributed by atoms with Crippen LogP contribution in [0.25, 0.3) is 0 Å². The number of nitrogens with zero attached hydrogens (tertiary/aromatic N) is 1. The van der Waals surface area contributed by atoms with E-state index in [4.69, 9.17) is 66.7 Å². The summed E-state index contributed by atoms with van der Waals surface area (Å²) >= 11 is 0. The van der Waals surface area contributed by atoms with Crippen molar-refractivity contribution in [3.63, 3.8) is 0 Å². The lowest BCUT2D eigenvalue weighted by molar-refractivity contribution is -0.138. The summed E-state index contributed by atoms with van der Waals surface area (Å²) in [6.07, 6.45) is -0.00269. The second-order valence-corrected chi connectivity index (χ2v) is 9.91. The lowest BCUT2D eigenvalue weighted by Crippen LogP contribution is -2.19. The molecule has 0 atom stereocenters. The maximum Gasteiger partial charge on any atom is 0.305 e. The number of carboxylic acid groups (broad SMARTS) is 1. The highest BCUT2D eigenvalue weighted by Gasteiger charge is 1.98. The van der Waals surface area contributed by atoms with Crippen molar-refractivity contribution in [3.8, 4) is 0 Å². The van der Waals surface area contributed by atoms with E-state index in [0.29, 0.717) is 165 Å². The third-order valence-electron chi connectivity index (χ3n) is 5.61. The molecule has 0 fully saturated rings. The largest absolute Gasteiger partial charge is 0.481 e. The van der Waals surface area contributed by atoms with Gasteiger partial charge in [0.25, 0.3) is 0 Å². The molecule has 0 aliphatic carbocycles. The summed E-state index contributed by atoms with van der Waals surface area (Å²) in [6, 6.07) is 0. The Labute approximate surface area is 281 Å². The van der Waals surface area contributed by atoms with E-state index in [-0.39, 0.29) is 13.0 Å². The van der Waals surface area contributed by atoms with E-state index in [0.717, 1.165) is 6.54 Å². The van der Waals surface area contributed by atoms with Gasteiger partial charge in [-0.3, -0.25) is 4.79 Å². The van der Waals surface area contributed by atoms with Crippen molar-refractivity contribution in [3.05, 3.63) is 0 Å². The molecule has 1 N–H and O–H groups in total. The number of aliphatic carboxylic acids is 1. The lowest BCUT2D eigenvalue weighted by Gasteiger charge is -2.10. The fourth-order valence-electron chi connectivity index (χ4n) is 3.15. The molecule has 0 aromatic rings. The highest BCUT2D eigenvalue weighted by molar-refractivity contribution is 5.66. The van der Waals surface area contributed by atoms with Crippen LogP contribution in [0, 0.1) is 0 Å². The van der Waals surface area contributed by atoms with Gasteiger partial charge in [-0.25, -0.2) is 0 Å². The van der Waals surface area contributed by atoms with Crippen LogP contribution in [0.3, 0.4) is 0 Å². The van der Waals surface area contributed by atoms with E-state index in [1.54, 1.807) is 0 Å². The molecule has 0 aliphatic rings. The van der Waals surface area contributed by atoms with Gasteiger partial charge in [-0.15, -0.1) is 0 Å². The van der Waals surface area contributed by atoms with Gasteiger partial charge in [0.05, 0.1) is 178 Å². The molecule has 0 unspecified atom stereocenters. The zero-order valence-electron chi connectivity index (χ0n) is 28.9. The summed E-state index contributed by atoms with van der Waals surface area (Å²) in [4.78, 5) is 12.4. The van der Waals surface area contributed by atoms with Crippen molar-refractivity contribution in [2.75, 3.05) is 192 Å². The minimum absolute atomic E-state index is 0.00269. The fraction of sp³-hybridized carbons (Fsp3) is 0.968. The smallest absolute Gasteiger partial charge is 0.305 e. The summed E-state index contributed by atoms with van der Waals surface area (Å²) in [7, 11) is 4.03. The van der Waals surface area contributed by atoms with Gasteiger partial charge in [0.1, 0.15) is 0 Å².